The molecule has 3 rings (SSSR count). The number of pyridine rings is 1. The van der Waals surface area contributed by atoms with Crippen molar-refractivity contribution in [2.75, 3.05) is 6.54 Å². The van der Waals surface area contributed by atoms with Crippen molar-refractivity contribution in [3.8, 4) is 0 Å². The van der Waals surface area contributed by atoms with E-state index in [-0.39, 0.29) is 11.9 Å². The number of aromatic nitrogens is 3. The Morgan fingerprint density at radius 3 is 2.92 bits per heavy atom. The molecule has 0 aliphatic carbocycles. The van der Waals surface area contributed by atoms with Gasteiger partial charge in [-0.2, -0.15) is 5.10 Å². The maximum Gasteiger partial charge on any atom is 0.244 e. The Balaban J connectivity index is 1.74. The molecule has 3 heterocycles. The molecule has 0 spiro atoms. The lowest BCUT2D eigenvalue weighted by Gasteiger charge is -2.22. The van der Waals surface area contributed by atoms with Crippen LogP contribution in [0.1, 0.15) is 46.7 Å². The normalized spacial score (nSPS) is 15.0. The Kier molecular flexibility index (Phi) is 4.66. The summed E-state index contributed by atoms with van der Waals surface area (Å²) in [5, 5.41) is 10.8. The second-order valence-electron chi connectivity index (χ2n) is 6.52. The van der Waals surface area contributed by atoms with E-state index in [4.69, 9.17) is 0 Å². The molecule has 2 aromatic heterocycles. The molecule has 0 saturated heterocycles. The van der Waals surface area contributed by atoms with E-state index in [1.54, 1.807) is 4.68 Å². The number of amides is 1. The molecular formula is C18H25N5O. The molecule has 0 fully saturated rings. The van der Waals surface area contributed by atoms with Crippen LogP contribution >= 0.6 is 0 Å². The maximum atomic E-state index is 12.6. The Morgan fingerprint density at radius 2 is 2.21 bits per heavy atom. The van der Waals surface area contributed by atoms with E-state index in [1.165, 1.54) is 11.1 Å². The lowest BCUT2D eigenvalue weighted by Crippen LogP contribution is -2.33. The summed E-state index contributed by atoms with van der Waals surface area (Å²) in [4.78, 5) is 17.0. The summed E-state index contributed by atoms with van der Waals surface area (Å²) in [6, 6.07) is 1.66. The molecule has 0 bridgehead atoms. The lowest BCUT2D eigenvalue weighted by molar-refractivity contribution is -0.124. The first-order valence-electron chi connectivity index (χ1n) is 8.44. The fourth-order valence-electron chi connectivity index (χ4n) is 3.35. The number of aryl methyl sites for hydroxylation is 3. The molecular weight excluding hydrogens is 302 g/mol. The van der Waals surface area contributed by atoms with Crippen molar-refractivity contribution in [3.05, 3.63) is 46.0 Å². The van der Waals surface area contributed by atoms with Crippen molar-refractivity contribution in [2.45, 2.75) is 53.2 Å². The van der Waals surface area contributed by atoms with Crippen LogP contribution in [0.5, 0.6) is 0 Å². The van der Waals surface area contributed by atoms with Crippen LogP contribution in [0, 0.1) is 20.8 Å². The molecule has 6 heteroatoms. The molecule has 2 aromatic rings. The van der Waals surface area contributed by atoms with Gasteiger partial charge in [0.25, 0.3) is 0 Å². The van der Waals surface area contributed by atoms with Gasteiger partial charge in [-0.15, -0.1) is 0 Å². The van der Waals surface area contributed by atoms with Crippen molar-refractivity contribution in [1.82, 2.24) is 25.4 Å². The number of fused-ring (bicyclic) bond motifs is 1. The summed E-state index contributed by atoms with van der Waals surface area (Å²) in [5.74, 6) is -0.0212. The van der Waals surface area contributed by atoms with Crippen LogP contribution in [0.4, 0.5) is 0 Å². The Morgan fingerprint density at radius 1 is 1.42 bits per heavy atom. The Labute approximate surface area is 142 Å². The van der Waals surface area contributed by atoms with E-state index >= 15 is 0 Å². The zero-order valence-electron chi connectivity index (χ0n) is 14.8. The largest absolute Gasteiger partial charge is 0.350 e. The first-order chi connectivity index (χ1) is 11.5. The topological polar surface area (TPSA) is 71.8 Å². The number of carbonyl (C=O) groups excluding carboxylic acids is 1. The number of carbonyl (C=O) groups is 1. The highest BCUT2D eigenvalue weighted by atomic mass is 16.2. The smallest absolute Gasteiger partial charge is 0.244 e. The molecule has 0 saturated carbocycles. The molecule has 6 nitrogen and oxygen atoms in total. The Bertz CT molecular complexity index is 765. The zero-order valence-corrected chi connectivity index (χ0v) is 14.8. The highest BCUT2D eigenvalue weighted by molar-refractivity contribution is 5.79. The number of hydrogen-bond acceptors (Lipinski definition) is 4. The number of hydrogen-bond donors (Lipinski definition) is 2. The minimum Gasteiger partial charge on any atom is -0.350 e. The predicted molar refractivity (Wildman–Crippen MR) is 92.6 cm³/mol. The van der Waals surface area contributed by atoms with Crippen LogP contribution in [0.15, 0.2) is 12.3 Å². The second-order valence-corrected chi connectivity index (χ2v) is 6.52. The number of nitrogens with one attached hydrogen (secondary N) is 2. The monoisotopic (exact) mass is 327 g/mol. The third-order valence-electron chi connectivity index (χ3n) is 4.70. The quantitative estimate of drug-likeness (QED) is 0.897. The van der Waals surface area contributed by atoms with Gasteiger partial charge in [0.15, 0.2) is 0 Å². The average molecular weight is 327 g/mol. The molecule has 1 aliphatic rings. The van der Waals surface area contributed by atoms with E-state index in [0.717, 1.165) is 42.2 Å². The van der Waals surface area contributed by atoms with Crippen LogP contribution in [0.3, 0.4) is 0 Å². The van der Waals surface area contributed by atoms with E-state index in [2.05, 4.69) is 20.7 Å². The first kappa shape index (κ1) is 16.6. The molecule has 0 radical (unpaired) electrons. The van der Waals surface area contributed by atoms with Crippen LogP contribution in [-0.2, 0) is 24.3 Å². The number of rotatable bonds is 4. The summed E-state index contributed by atoms with van der Waals surface area (Å²) in [6.45, 7) is 10.1. The molecule has 0 aromatic carbocycles. The van der Waals surface area contributed by atoms with Gasteiger partial charge >= 0.3 is 0 Å². The van der Waals surface area contributed by atoms with Gasteiger partial charge in [0.05, 0.1) is 5.69 Å². The molecule has 1 atom stereocenters. The highest BCUT2D eigenvalue weighted by Gasteiger charge is 2.20. The van der Waals surface area contributed by atoms with Crippen molar-refractivity contribution < 1.29 is 4.79 Å². The summed E-state index contributed by atoms with van der Waals surface area (Å²) < 4.78 is 1.78. The van der Waals surface area contributed by atoms with Gasteiger partial charge < -0.3 is 10.6 Å². The average Bonchev–Trinajstić information content (AvgIpc) is 2.91. The van der Waals surface area contributed by atoms with Crippen molar-refractivity contribution in [2.24, 2.45) is 0 Å². The van der Waals surface area contributed by atoms with Crippen LogP contribution in [-0.4, -0.2) is 27.2 Å². The Hall–Kier alpha value is -2.21. The first-order valence-corrected chi connectivity index (χ1v) is 8.44. The van der Waals surface area contributed by atoms with Gasteiger partial charge in [-0.1, -0.05) is 0 Å². The second kappa shape index (κ2) is 6.73. The minimum absolute atomic E-state index is 0.0212. The summed E-state index contributed by atoms with van der Waals surface area (Å²) in [7, 11) is 0. The van der Waals surface area contributed by atoms with E-state index in [1.807, 2.05) is 40.0 Å². The summed E-state index contributed by atoms with van der Waals surface area (Å²) in [6.07, 6.45) is 2.93. The van der Waals surface area contributed by atoms with Gasteiger partial charge in [0.1, 0.15) is 6.04 Å². The van der Waals surface area contributed by atoms with Crippen molar-refractivity contribution in [3.63, 3.8) is 0 Å². The van der Waals surface area contributed by atoms with Gasteiger partial charge in [-0.05, 0) is 63.4 Å². The van der Waals surface area contributed by atoms with E-state index in [9.17, 15) is 4.79 Å². The molecule has 128 valence electrons. The fourth-order valence-corrected chi connectivity index (χ4v) is 3.35. The highest BCUT2D eigenvalue weighted by Crippen LogP contribution is 2.20. The summed E-state index contributed by atoms with van der Waals surface area (Å²) >= 11 is 0. The van der Waals surface area contributed by atoms with E-state index in [0.29, 0.717) is 6.54 Å². The standard InChI is InChI=1S/C18H25N5O/c1-11-7-12(2)23(22-11)14(4)18(24)21-10-17-13(3)20-9-15-8-19-6-5-16(15)17/h7,9,14,19H,5-6,8,10H2,1-4H3,(H,21,24)/t14-/m0/s1. The molecule has 1 amide bonds. The van der Waals surface area contributed by atoms with Gasteiger partial charge in [0.2, 0.25) is 5.91 Å². The number of nitrogens with zero attached hydrogens (tertiary/aromatic N) is 3. The van der Waals surface area contributed by atoms with Crippen molar-refractivity contribution >= 4 is 5.91 Å². The third-order valence-corrected chi connectivity index (χ3v) is 4.70. The van der Waals surface area contributed by atoms with Gasteiger partial charge in [0, 0.05) is 30.7 Å². The SMILES string of the molecule is Cc1cc(C)n([C@@H](C)C(=O)NCc2c(C)ncc3c2CCNC3)n1. The zero-order chi connectivity index (χ0) is 17.3. The van der Waals surface area contributed by atoms with Crippen LogP contribution < -0.4 is 10.6 Å². The van der Waals surface area contributed by atoms with Gasteiger partial charge in [-0.25, -0.2) is 0 Å². The van der Waals surface area contributed by atoms with Crippen LogP contribution in [0.2, 0.25) is 0 Å². The van der Waals surface area contributed by atoms with Gasteiger partial charge in [-0.3, -0.25) is 14.5 Å². The predicted octanol–water partition coefficient (Wildman–Crippen LogP) is 1.73. The van der Waals surface area contributed by atoms with Crippen molar-refractivity contribution in [1.29, 1.82) is 0 Å². The molecule has 0 unspecified atom stereocenters. The minimum atomic E-state index is -0.326. The maximum absolute atomic E-state index is 12.6. The molecule has 24 heavy (non-hydrogen) atoms. The molecule has 2 N–H and O–H groups in total. The van der Waals surface area contributed by atoms with E-state index < -0.39 is 0 Å². The van der Waals surface area contributed by atoms with Crippen LogP contribution in [0.25, 0.3) is 0 Å². The molecule has 1 aliphatic heterocycles. The third kappa shape index (κ3) is 3.19. The summed E-state index contributed by atoms with van der Waals surface area (Å²) in [5.41, 5.74) is 6.65. The lowest BCUT2D eigenvalue weighted by atomic mass is 9.96. The fraction of sp³-hybridized carbons (Fsp3) is 0.500.